The molecule has 0 amide bonds. The highest BCUT2D eigenvalue weighted by molar-refractivity contribution is 7.81. The molecule has 0 radical (unpaired) electrons. The van der Waals surface area contributed by atoms with Gasteiger partial charge in [-0.05, 0) is 5.82 Å². The van der Waals surface area contributed by atoms with E-state index in [0.29, 0.717) is 0 Å². The van der Waals surface area contributed by atoms with E-state index in [1.807, 2.05) is 66.7 Å². The van der Waals surface area contributed by atoms with E-state index in [4.69, 9.17) is 5.26 Å². The number of rotatable bonds is 3. The number of benzene rings is 2. The summed E-state index contributed by atoms with van der Waals surface area (Å²) in [4.78, 5) is 0. The quantitative estimate of drug-likeness (QED) is 0.623. The molecule has 0 aliphatic heterocycles. The van der Waals surface area contributed by atoms with E-state index in [2.05, 4.69) is 0 Å². The summed E-state index contributed by atoms with van der Waals surface area (Å²) in [6.07, 6.45) is 1.29. The van der Waals surface area contributed by atoms with Gasteiger partial charge in [0, 0.05) is 16.7 Å². The van der Waals surface area contributed by atoms with Gasteiger partial charge in [0.25, 0.3) is 0 Å². The summed E-state index contributed by atoms with van der Waals surface area (Å²) < 4.78 is 13.1. The fourth-order valence-corrected chi connectivity index (χ4v) is 3.91. The third kappa shape index (κ3) is 2.42. The highest BCUT2D eigenvalue weighted by Crippen LogP contribution is 2.44. The van der Waals surface area contributed by atoms with E-state index in [9.17, 15) is 4.57 Å². The number of allylic oxidation sites excluding steroid dienone is 1. The summed E-state index contributed by atoms with van der Waals surface area (Å²) in [5.74, 6) is 1.51. The molecule has 2 rings (SSSR count). The van der Waals surface area contributed by atoms with Gasteiger partial charge >= 0.3 is 0 Å². The van der Waals surface area contributed by atoms with Crippen molar-refractivity contribution in [3.05, 3.63) is 72.6 Å². The van der Waals surface area contributed by atoms with Crippen LogP contribution < -0.4 is 10.6 Å². The van der Waals surface area contributed by atoms with Crippen molar-refractivity contribution in [2.75, 3.05) is 0 Å². The van der Waals surface area contributed by atoms with E-state index in [1.165, 1.54) is 11.9 Å². The van der Waals surface area contributed by atoms with Crippen molar-refractivity contribution in [1.82, 2.24) is 0 Å². The SMILES string of the molecule is N#C/C=C/P(=O)(c1ccccc1)c1ccccc1. The molecule has 0 aromatic heterocycles. The minimum Gasteiger partial charge on any atom is -0.309 e. The van der Waals surface area contributed by atoms with Crippen molar-refractivity contribution in [2.24, 2.45) is 0 Å². The van der Waals surface area contributed by atoms with E-state index < -0.39 is 7.14 Å². The second-order valence-corrected chi connectivity index (χ2v) is 6.42. The van der Waals surface area contributed by atoms with Crippen LogP contribution in [0.1, 0.15) is 0 Å². The molecule has 0 aliphatic rings. The van der Waals surface area contributed by atoms with Crippen LogP contribution in [0.5, 0.6) is 0 Å². The van der Waals surface area contributed by atoms with E-state index in [1.54, 1.807) is 0 Å². The maximum Gasteiger partial charge on any atom is 0.164 e. The smallest absolute Gasteiger partial charge is 0.164 e. The fourth-order valence-electron chi connectivity index (χ4n) is 1.76. The summed E-state index contributed by atoms with van der Waals surface area (Å²) in [6.45, 7) is 0. The monoisotopic (exact) mass is 253 g/mol. The van der Waals surface area contributed by atoms with Gasteiger partial charge in [0.15, 0.2) is 7.14 Å². The van der Waals surface area contributed by atoms with Crippen molar-refractivity contribution in [2.45, 2.75) is 0 Å². The number of hydrogen-bond acceptors (Lipinski definition) is 2. The Balaban J connectivity index is 2.60. The summed E-state index contributed by atoms with van der Waals surface area (Å²) in [7, 11) is -2.84. The Morgan fingerprint density at radius 2 is 1.33 bits per heavy atom. The normalized spacial score (nSPS) is 11.3. The molecule has 18 heavy (non-hydrogen) atoms. The third-order valence-electron chi connectivity index (χ3n) is 2.64. The molecule has 0 saturated heterocycles. The molecular formula is C15H12NOP. The average Bonchev–Trinajstić information content (AvgIpc) is 2.46. The van der Waals surface area contributed by atoms with Gasteiger partial charge < -0.3 is 4.57 Å². The maximum atomic E-state index is 13.1. The van der Waals surface area contributed by atoms with Crippen LogP contribution in [0.15, 0.2) is 72.6 Å². The molecule has 2 nitrogen and oxygen atoms in total. The Kier molecular flexibility index (Phi) is 3.77. The van der Waals surface area contributed by atoms with Gasteiger partial charge in [0.2, 0.25) is 0 Å². The van der Waals surface area contributed by atoms with Gasteiger partial charge in [0.1, 0.15) is 0 Å². The van der Waals surface area contributed by atoms with Crippen LogP contribution in [0.4, 0.5) is 0 Å². The summed E-state index contributed by atoms with van der Waals surface area (Å²) in [6, 6.07) is 20.4. The van der Waals surface area contributed by atoms with E-state index in [-0.39, 0.29) is 0 Å². The molecule has 0 N–H and O–H groups in total. The molecular weight excluding hydrogens is 241 g/mol. The van der Waals surface area contributed by atoms with Crippen LogP contribution in [0, 0.1) is 11.3 Å². The Hall–Kier alpha value is -2.10. The van der Waals surface area contributed by atoms with Gasteiger partial charge in [0.05, 0.1) is 6.07 Å². The zero-order valence-electron chi connectivity index (χ0n) is 9.73. The number of hydrogen-bond donors (Lipinski definition) is 0. The Labute approximate surface area is 107 Å². The van der Waals surface area contributed by atoms with Crippen molar-refractivity contribution in [3.8, 4) is 6.07 Å². The second-order valence-electron chi connectivity index (χ2n) is 3.77. The molecule has 88 valence electrons. The largest absolute Gasteiger partial charge is 0.309 e. The predicted octanol–water partition coefficient (Wildman–Crippen LogP) is 3.04. The summed E-state index contributed by atoms with van der Waals surface area (Å²) in [5.41, 5.74) is 0. The minimum atomic E-state index is -2.84. The zero-order valence-corrected chi connectivity index (χ0v) is 10.6. The first kappa shape index (κ1) is 12.4. The molecule has 0 heterocycles. The number of nitriles is 1. The van der Waals surface area contributed by atoms with Crippen LogP contribution in [0.3, 0.4) is 0 Å². The first-order chi connectivity index (χ1) is 8.77. The maximum absolute atomic E-state index is 13.1. The van der Waals surface area contributed by atoms with E-state index in [0.717, 1.165) is 10.6 Å². The van der Waals surface area contributed by atoms with Gasteiger partial charge in [-0.3, -0.25) is 0 Å². The van der Waals surface area contributed by atoms with Crippen molar-refractivity contribution in [1.29, 1.82) is 5.26 Å². The molecule has 0 saturated carbocycles. The lowest BCUT2D eigenvalue weighted by Gasteiger charge is -2.14. The Bertz CT molecular complexity index is 583. The molecule has 2 aromatic rings. The van der Waals surface area contributed by atoms with Gasteiger partial charge in [-0.15, -0.1) is 0 Å². The second kappa shape index (κ2) is 5.49. The Morgan fingerprint density at radius 3 is 1.72 bits per heavy atom. The van der Waals surface area contributed by atoms with Crippen molar-refractivity contribution < 1.29 is 4.57 Å². The standard InChI is InChI=1S/C15H12NOP/c16-12-7-13-18(17,14-8-3-1-4-9-14)15-10-5-2-6-11-15/h1-11,13H/b13-7+. The van der Waals surface area contributed by atoms with Crippen LogP contribution >= 0.6 is 7.14 Å². The predicted molar refractivity (Wildman–Crippen MR) is 74.5 cm³/mol. The lowest BCUT2D eigenvalue weighted by molar-refractivity contribution is 0.592. The number of nitrogens with zero attached hydrogens (tertiary/aromatic N) is 1. The fraction of sp³-hybridized carbons (Fsp3) is 0. The Morgan fingerprint density at radius 1 is 0.889 bits per heavy atom. The highest BCUT2D eigenvalue weighted by Gasteiger charge is 2.23. The highest BCUT2D eigenvalue weighted by atomic mass is 31.2. The van der Waals surface area contributed by atoms with Crippen LogP contribution in [-0.4, -0.2) is 0 Å². The summed E-state index contributed by atoms with van der Waals surface area (Å²) in [5, 5.41) is 10.1. The minimum absolute atomic E-state index is 0.739. The lowest BCUT2D eigenvalue weighted by Crippen LogP contribution is -2.13. The van der Waals surface area contributed by atoms with Crippen LogP contribution in [-0.2, 0) is 4.57 Å². The van der Waals surface area contributed by atoms with Crippen molar-refractivity contribution >= 4 is 17.8 Å². The van der Waals surface area contributed by atoms with Crippen molar-refractivity contribution in [3.63, 3.8) is 0 Å². The molecule has 0 aliphatic carbocycles. The first-order valence-corrected chi connectivity index (χ1v) is 7.33. The molecule has 0 bridgehead atoms. The topological polar surface area (TPSA) is 40.9 Å². The van der Waals surface area contributed by atoms with Crippen LogP contribution in [0.25, 0.3) is 0 Å². The van der Waals surface area contributed by atoms with Gasteiger partial charge in [-0.2, -0.15) is 5.26 Å². The summed E-state index contributed by atoms with van der Waals surface area (Å²) >= 11 is 0. The lowest BCUT2D eigenvalue weighted by atomic mass is 10.4. The average molecular weight is 253 g/mol. The zero-order chi connectivity index (χ0) is 12.8. The first-order valence-electron chi connectivity index (χ1n) is 5.55. The van der Waals surface area contributed by atoms with Gasteiger partial charge in [-0.1, -0.05) is 60.7 Å². The molecule has 0 fully saturated rings. The molecule has 2 aromatic carbocycles. The molecule has 0 spiro atoms. The van der Waals surface area contributed by atoms with E-state index >= 15 is 0 Å². The molecule has 0 unspecified atom stereocenters. The third-order valence-corrected chi connectivity index (χ3v) is 5.34. The van der Waals surface area contributed by atoms with Crippen LogP contribution in [0.2, 0.25) is 0 Å². The molecule has 0 atom stereocenters. The van der Waals surface area contributed by atoms with Gasteiger partial charge in [-0.25, -0.2) is 0 Å². The molecule has 3 heteroatoms.